The minimum absolute atomic E-state index is 0.0589. The maximum atomic E-state index is 15.1. The Morgan fingerprint density at radius 1 is 0.842 bits per heavy atom. The van der Waals surface area contributed by atoms with E-state index in [-0.39, 0.29) is 23.4 Å². The summed E-state index contributed by atoms with van der Waals surface area (Å²) in [6.45, 7) is 6.45. The molecule has 0 saturated carbocycles. The summed E-state index contributed by atoms with van der Waals surface area (Å²) in [5, 5.41) is 0. The van der Waals surface area contributed by atoms with Gasteiger partial charge in [-0.2, -0.15) is 0 Å². The van der Waals surface area contributed by atoms with Crippen LogP contribution in [-0.2, 0) is 11.2 Å². The molecule has 3 aromatic carbocycles. The average Bonchev–Trinajstić information content (AvgIpc) is 2.94. The van der Waals surface area contributed by atoms with Gasteiger partial charge < -0.3 is 4.74 Å². The Balaban J connectivity index is 1.41. The molecule has 0 aromatic heterocycles. The zero-order valence-corrected chi connectivity index (χ0v) is 22.5. The monoisotopic (exact) mass is 520 g/mol. The summed E-state index contributed by atoms with van der Waals surface area (Å²) in [6.07, 6.45) is 11.8. The fourth-order valence-corrected chi connectivity index (χ4v) is 5.39. The second-order valence-electron chi connectivity index (χ2n) is 10.5. The van der Waals surface area contributed by atoms with Gasteiger partial charge in [-0.1, -0.05) is 87.2 Å². The van der Waals surface area contributed by atoms with Gasteiger partial charge in [0.05, 0.1) is 12.7 Å². The number of aryl methyl sites for hydroxylation is 1. The molecule has 0 aliphatic carbocycles. The maximum absolute atomic E-state index is 15.1. The first-order valence-corrected chi connectivity index (χ1v) is 14.1. The summed E-state index contributed by atoms with van der Waals surface area (Å²) < 4.78 is 50.7. The Labute approximate surface area is 225 Å². The molecule has 0 spiro atoms. The van der Waals surface area contributed by atoms with E-state index in [1.54, 1.807) is 30.3 Å². The van der Waals surface area contributed by atoms with Crippen LogP contribution >= 0.6 is 0 Å². The highest BCUT2D eigenvalue weighted by Gasteiger charge is 2.25. The fraction of sp³-hybridized carbons (Fsp3) is 0.412. The molecular weight excluding hydrogens is 481 g/mol. The van der Waals surface area contributed by atoms with E-state index in [1.165, 1.54) is 6.42 Å². The van der Waals surface area contributed by atoms with Crippen LogP contribution in [0.2, 0.25) is 0 Å². The molecule has 1 aliphatic rings. The van der Waals surface area contributed by atoms with Crippen LogP contribution in [0.15, 0.2) is 67.3 Å². The minimum Gasteiger partial charge on any atom is -0.378 e. The quantitative estimate of drug-likeness (QED) is 0.170. The SMILES string of the molecule is C=CCCC1CCC(c2ccc(-c3ccc(-c4ccc(CCCCCCC)c(F)c4F)cc3)cc2F)CO1. The van der Waals surface area contributed by atoms with E-state index in [2.05, 4.69) is 13.5 Å². The third-order valence-corrected chi connectivity index (χ3v) is 7.74. The van der Waals surface area contributed by atoms with Crippen molar-refractivity contribution in [3.05, 3.63) is 95.8 Å². The van der Waals surface area contributed by atoms with E-state index in [4.69, 9.17) is 4.74 Å². The molecule has 4 rings (SSSR count). The van der Waals surface area contributed by atoms with Gasteiger partial charge >= 0.3 is 0 Å². The van der Waals surface area contributed by atoms with E-state index < -0.39 is 11.6 Å². The first-order chi connectivity index (χ1) is 18.5. The van der Waals surface area contributed by atoms with Crippen LogP contribution in [0.25, 0.3) is 22.3 Å². The van der Waals surface area contributed by atoms with Gasteiger partial charge in [-0.3, -0.25) is 0 Å². The third kappa shape index (κ3) is 6.96. The van der Waals surface area contributed by atoms with E-state index in [9.17, 15) is 8.78 Å². The number of unbranched alkanes of at least 4 members (excludes halogenated alkanes) is 4. The van der Waals surface area contributed by atoms with Gasteiger partial charge in [0.2, 0.25) is 0 Å². The normalized spacial score (nSPS) is 17.5. The minimum atomic E-state index is -0.805. The predicted molar refractivity (Wildman–Crippen MR) is 151 cm³/mol. The Kier molecular flexibility index (Phi) is 10.2. The summed E-state index contributed by atoms with van der Waals surface area (Å²) in [5.74, 6) is -1.73. The zero-order chi connectivity index (χ0) is 26.9. The van der Waals surface area contributed by atoms with Gasteiger partial charge in [0.1, 0.15) is 5.82 Å². The van der Waals surface area contributed by atoms with Crippen molar-refractivity contribution < 1.29 is 17.9 Å². The molecule has 0 radical (unpaired) electrons. The van der Waals surface area contributed by atoms with Gasteiger partial charge in [-0.15, -0.1) is 6.58 Å². The van der Waals surface area contributed by atoms with Crippen LogP contribution in [0.3, 0.4) is 0 Å². The van der Waals surface area contributed by atoms with Crippen molar-refractivity contribution >= 4 is 0 Å². The van der Waals surface area contributed by atoms with E-state index >= 15 is 4.39 Å². The van der Waals surface area contributed by atoms with Crippen LogP contribution < -0.4 is 0 Å². The van der Waals surface area contributed by atoms with Gasteiger partial charge in [-0.25, -0.2) is 13.2 Å². The van der Waals surface area contributed by atoms with Crippen molar-refractivity contribution in [3.8, 4) is 22.3 Å². The Morgan fingerprint density at radius 2 is 1.58 bits per heavy atom. The molecule has 1 fully saturated rings. The molecule has 2 unspecified atom stereocenters. The maximum Gasteiger partial charge on any atom is 0.166 e. The number of hydrogen-bond acceptors (Lipinski definition) is 1. The highest BCUT2D eigenvalue weighted by atomic mass is 19.2. The Morgan fingerprint density at radius 3 is 2.26 bits per heavy atom. The first kappa shape index (κ1) is 28.2. The highest BCUT2D eigenvalue weighted by molar-refractivity contribution is 5.71. The topological polar surface area (TPSA) is 9.23 Å². The van der Waals surface area contributed by atoms with Gasteiger partial charge in [0, 0.05) is 11.5 Å². The lowest BCUT2D eigenvalue weighted by Gasteiger charge is -2.29. The molecule has 4 heteroatoms. The second kappa shape index (κ2) is 13.8. The van der Waals surface area contributed by atoms with Crippen molar-refractivity contribution in [3.63, 3.8) is 0 Å². The number of benzene rings is 3. The number of ether oxygens (including phenoxy) is 1. The summed E-state index contributed by atoms with van der Waals surface area (Å²) in [6, 6.07) is 15.9. The first-order valence-electron chi connectivity index (χ1n) is 14.1. The lowest BCUT2D eigenvalue weighted by atomic mass is 9.89. The largest absolute Gasteiger partial charge is 0.378 e. The van der Waals surface area contributed by atoms with Crippen molar-refractivity contribution in [1.29, 1.82) is 0 Å². The molecule has 1 saturated heterocycles. The summed E-state index contributed by atoms with van der Waals surface area (Å²) in [4.78, 5) is 0. The van der Waals surface area contributed by atoms with E-state index in [0.29, 0.717) is 29.7 Å². The van der Waals surface area contributed by atoms with Crippen molar-refractivity contribution in [2.24, 2.45) is 0 Å². The number of hydrogen-bond donors (Lipinski definition) is 0. The number of halogens is 3. The molecule has 202 valence electrons. The second-order valence-corrected chi connectivity index (χ2v) is 10.5. The number of rotatable bonds is 12. The van der Waals surface area contributed by atoms with E-state index in [0.717, 1.165) is 62.5 Å². The fourth-order valence-electron chi connectivity index (χ4n) is 5.39. The van der Waals surface area contributed by atoms with Crippen molar-refractivity contribution in [1.82, 2.24) is 0 Å². The number of allylic oxidation sites excluding steroid dienone is 1. The van der Waals surface area contributed by atoms with Crippen LogP contribution in [0.5, 0.6) is 0 Å². The Bertz CT molecular complexity index is 1190. The molecular formula is C34H39F3O. The summed E-state index contributed by atoms with van der Waals surface area (Å²) in [5.41, 5.74) is 3.55. The smallest absolute Gasteiger partial charge is 0.166 e. The summed E-state index contributed by atoms with van der Waals surface area (Å²) >= 11 is 0. The van der Waals surface area contributed by atoms with E-state index in [1.807, 2.05) is 30.3 Å². The van der Waals surface area contributed by atoms with Crippen LogP contribution in [0.4, 0.5) is 13.2 Å². The molecule has 0 N–H and O–H groups in total. The van der Waals surface area contributed by atoms with Crippen molar-refractivity contribution in [2.75, 3.05) is 6.61 Å². The molecule has 3 aromatic rings. The molecule has 0 amide bonds. The standard InChI is InChI=1S/C34H39F3O/c1-3-5-7-8-9-10-26-17-21-31(34(37)33(26)36)25-14-12-24(13-15-25)27-18-20-30(32(35)22-27)28-16-19-29(38-23-28)11-6-4-2/h4,12-15,17-18,20-22,28-29H,2-3,5-11,16,19,23H2,1H3. The average molecular weight is 521 g/mol. The molecule has 1 aliphatic heterocycles. The van der Waals surface area contributed by atoms with Gasteiger partial charge in [0.25, 0.3) is 0 Å². The van der Waals surface area contributed by atoms with Crippen molar-refractivity contribution in [2.45, 2.75) is 83.2 Å². The lowest BCUT2D eigenvalue weighted by Crippen LogP contribution is -2.25. The van der Waals surface area contributed by atoms with Crippen LogP contribution in [0.1, 0.15) is 81.8 Å². The predicted octanol–water partition coefficient (Wildman–Crippen LogP) is 10.2. The molecule has 0 bridgehead atoms. The molecule has 2 atom stereocenters. The van der Waals surface area contributed by atoms with Gasteiger partial charge in [0.15, 0.2) is 11.6 Å². The highest BCUT2D eigenvalue weighted by Crippen LogP contribution is 2.34. The third-order valence-electron chi connectivity index (χ3n) is 7.74. The molecule has 1 heterocycles. The molecule has 38 heavy (non-hydrogen) atoms. The van der Waals surface area contributed by atoms with Crippen LogP contribution in [0, 0.1) is 17.5 Å². The van der Waals surface area contributed by atoms with Crippen LogP contribution in [-0.4, -0.2) is 12.7 Å². The summed E-state index contributed by atoms with van der Waals surface area (Å²) in [7, 11) is 0. The Hall–Kier alpha value is -2.85. The van der Waals surface area contributed by atoms with Gasteiger partial charge in [-0.05, 0) is 72.4 Å². The molecule has 1 nitrogen and oxygen atoms in total. The zero-order valence-electron chi connectivity index (χ0n) is 22.5. The lowest BCUT2D eigenvalue weighted by molar-refractivity contribution is -0.000784.